The van der Waals surface area contributed by atoms with E-state index in [1.165, 1.54) is 38.3 Å². The van der Waals surface area contributed by atoms with Gasteiger partial charge in [0.1, 0.15) is 10.6 Å². The standard InChI is InChI=1S/C13H17ClN2O4S/c1-4-7-15-13(17)9(2)16-21(18,19)12-8-10(14)5-6-11(12)20-3/h4-6,8-9,16H,1,7H2,2-3H3,(H,15,17)/t9-/m0/s1. The Morgan fingerprint density at radius 2 is 2.19 bits per heavy atom. The molecule has 0 bridgehead atoms. The third-order valence-electron chi connectivity index (χ3n) is 2.56. The molecule has 0 fully saturated rings. The number of ether oxygens (including phenoxy) is 1. The van der Waals surface area contributed by atoms with Crippen LogP contribution in [-0.2, 0) is 14.8 Å². The number of benzene rings is 1. The molecule has 1 aromatic rings. The molecule has 6 nitrogen and oxygen atoms in total. The van der Waals surface area contributed by atoms with E-state index in [1.807, 2.05) is 0 Å². The maximum absolute atomic E-state index is 12.3. The van der Waals surface area contributed by atoms with Crippen LogP contribution in [0.5, 0.6) is 5.75 Å². The van der Waals surface area contributed by atoms with E-state index in [0.717, 1.165) is 0 Å². The molecule has 0 radical (unpaired) electrons. The molecule has 0 aliphatic carbocycles. The zero-order valence-corrected chi connectivity index (χ0v) is 13.3. The Morgan fingerprint density at radius 1 is 1.52 bits per heavy atom. The second-order valence-corrected chi connectivity index (χ2v) is 6.29. The van der Waals surface area contributed by atoms with Crippen molar-refractivity contribution in [3.8, 4) is 5.75 Å². The van der Waals surface area contributed by atoms with E-state index in [9.17, 15) is 13.2 Å². The molecule has 8 heteroatoms. The molecule has 0 heterocycles. The summed E-state index contributed by atoms with van der Waals surface area (Å²) in [7, 11) is -2.59. The van der Waals surface area contributed by atoms with Gasteiger partial charge in [-0.3, -0.25) is 4.79 Å². The number of halogens is 1. The van der Waals surface area contributed by atoms with Gasteiger partial charge in [-0.2, -0.15) is 4.72 Å². The van der Waals surface area contributed by atoms with Crippen LogP contribution < -0.4 is 14.8 Å². The van der Waals surface area contributed by atoms with Crippen molar-refractivity contribution in [2.75, 3.05) is 13.7 Å². The molecule has 21 heavy (non-hydrogen) atoms. The second kappa shape index (κ2) is 7.44. The van der Waals surface area contributed by atoms with E-state index in [-0.39, 0.29) is 22.2 Å². The fourth-order valence-corrected chi connectivity index (χ4v) is 3.17. The lowest BCUT2D eigenvalue weighted by Gasteiger charge is -2.15. The average Bonchev–Trinajstić information content (AvgIpc) is 2.44. The Balaban J connectivity index is 2.99. The van der Waals surface area contributed by atoms with E-state index < -0.39 is 22.0 Å². The Morgan fingerprint density at radius 3 is 2.76 bits per heavy atom. The van der Waals surface area contributed by atoms with Gasteiger partial charge in [-0.15, -0.1) is 6.58 Å². The van der Waals surface area contributed by atoms with Gasteiger partial charge in [-0.25, -0.2) is 8.42 Å². The summed E-state index contributed by atoms with van der Waals surface area (Å²) in [6.07, 6.45) is 1.50. The van der Waals surface area contributed by atoms with E-state index in [0.29, 0.717) is 0 Å². The van der Waals surface area contributed by atoms with Crippen molar-refractivity contribution in [1.82, 2.24) is 10.0 Å². The summed E-state index contributed by atoms with van der Waals surface area (Å²) in [4.78, 5) is 11.6. The first-order valence-corrected chi connectivity index (χ1v) is 7.92. The van der Waals surface area contributed by atoms with Gasteiger partial charge in [-0.05, 0) is 25.1 Å². The number of hydrogen-bond acceptors (Lipinski definition) is 4. The van der Waals surface area contributed by atoms with Crippen LogP contribution in [0.2, 0.25) is 5.02 Å². The van der Waals surface area contributed by atoms with Gasteiger partial charge in [0.05, 0.1) is 13.2 Å². The van der Waals surface area contributed by atoms with Crippen LogP contribution in [0, 0.1) is 0 Å². The summed E-state index contributed by atoms with van der Waals surface area (Å²) in [6, 6.07) is 3.27. The molecule has 0 saturated carbocycles. The van der Waals surface area contributed by atoms with Gasteiger partial charge in [0.2, 0.25) is 15.9 Å². The molecular formula is C13H17ClN2O4S. The Labute approximate surface area is 129 Å². The number of hydrogen-bond donors (Lipinski definition) is 2. The number of sulfonamides is 1. The highest BCUT2D eigenvalue weighted by atomic mass is 35.5. The molecule has 2 N–H and O–H groups in total. The topological polar surface area (TPSA) is 84.5 Å². The first-order chi connectivity index (χ1) is 9.81. The Kier molecular flexibility index (Phi) is 6.19. The van der Waals surface area contributed by atoms with Crippen molar-refractivity contribution in [2.24, 2.45) is 0 Å². The molecular weight excluding hydrogens is 316 g/mol. The normalized spacial score (nSPS) is 12.5. The highest BCUT2D eigenvalue weighted by molar-refractivity contribution is 7.89. The van der Waals surface area contributed by atoms with Gasteiger partial charge >= 0.3 is 0 Å². The monoisotopic (exact) mass is 332 g/mol. The zero-order chi connectivity index (χ0) is 16.0. The lowest BCUT2D eigenvalue weighted by molar-refractivity contribution is -0.122. The summed E-state index contributed by atoms with van der Waals surface area (Å²) >= 11 is 5.81. The average molecular weight is 333 g/mol. The van der Waals surface area contributed by atoms with E-state index in [1.54, 1.807) is 0 Å². The van der Waals surface area contributed by atoms with Crippen molar-refractivity contribution < 1.29 is 17.9 Å². The first-order valence-electron chi connectivity index (χ1n) is 6.06. The number of carbonyl (C=O) groups is 1. The molecule has 1 aromatic carbocycles. The summed E-state index contributed by atoms with van der Waals surface area (Å²) in [5.74, 6) is -0.315. The lowest BCUT2D eigenvalue weighted by atomic mass is 10.3. The van der Waals surface area contributed by atoms with Gasteiger partial charge in [0.15, 0.2) is 0 Å². The highest BCUT2D eigenvalue weighted by Crippen LogP contribution is 2.26. The minimum absolute atomic E-state index is 0.124. The third-order valence-corrected chi connectivity index (χ3v) is 4.36. The summed E-state index contributed by atoms with van der Waals surface area (Å²) in [5, 5.41) is 2.75. The molecule has 0 aliphatic rings. The summed E-state index contributed by atoms with van der Waals surface area (Å²) in [5.41, 5.74) is 0. The van der Waals surface area contributed by atoms with Crippen molar-refractivity contribution in [3.63, 3.8) is 0 Å². The Bertz CT molecular complexity index is 631. The number of carbonyl (C=O) groups excluding carboxylic acids is 1. The lowest BCUT2D eigenvalue weighted by Crippen LogP contribution is -2.44. The largest absolute Gasteiger partial charge is 0.495 e. The third kappa shape index (κ3) is 4.73. The van der Waals surface area contributed by atoms with Crippen LogP contribution in [0.15, 0.2) is 35.7 Å². The number of methoxy groups -OCH3 is 1. The minimum atomic E-state index is -3.94. The molecule has 116 valence electrons. The van der Waals surface area contributed by atoms with Crippen LogP contribution in [0.25, 0.3) is 0 Å². The van der Waals surface area contributed by atoms with Crippen molar-refractivity contribution >= 4 is 27.5 Å². The van der Waals surface area contributed by atoms with Crippen LogP contribution >= 0.6 is 11.6 Å². The predicted molar refractivity (Wildman–Crippen MR) is 81.0 cm³/mol. The zero-order valence-electron chi connectivity index (χ0n) is 11.7. The maximum atomic E-state index is 12.3. The van der Waals surface area contributed by atoms with E-state index in [2.05, 4.69) is 16.6 Å². The van der Waals surface area contributed by atoms with Crippen LogP contribution in [-0.4, -0.2) is 34.0 Å². The molecule has 1 amide bonds. The Hall–Kier alpha value is -1.57. The molecule has 0 aromatic heterocycles. The van der Waals surface area contributed by atoms with E-state index in [4.69, 9.17) is 16.3 Å². The maximum Gasteiger partial charge on any atom is 0.245 e. The summed E-state index contributed by atoms with van der Waals surface area (Å²) < 4.78 is 31.9. The van der Waals surface area contributed by atoms with Crippen LogP contribution in [0.1, 0.15) is 6.92 Å². The van der Waals surface area contributed by atoms with Crippen molar-refractivity contribution in [2.45, 2.75) is 17.9 Å². The SMILES string of the molecule is C=CCNC(=O)[C@H](C)NS(=O)(=O)c1cc(Cl)ccc1OC. The molecule has 0 spiro atoms. The molecule has 1 atom stereocenters. The van der Waals surface area contributed by atoms with Crippen molar-refractivity contribution in [3.05, 3.63) is 35.9 Å². The highest BCUT2D eigenvalue weighted by Gasteiger charge is 2.25. The molecule has 0 aliphatic heterocycles. The predicted octanol–water partition coefficient (Wildman–Crippen LogP) is 1.32. The fraction of sp³-hybridized carbons (Fsp3) is 0.308. The van der Waals surface area contributed by atoms with Gasteiger partial charge in [-0.1, -0.05) is 17.7 Å². The second-order valence-electron chi connectivity index (χ2n) is 4.17. The molecule has 1 rings (SSSR count). The fourth-order valence-electron chi connectivity index (χ4n) is 1.54. The van der Waals surface area contributed by atoms with Gasteiger partial charge in [0.25, 0.3) is 0 Å². The van der Waals surface area contributed by atoms with E-state index >= 15 is 0 Å². The first kappa shape index (κ1) is 17.5. The van der Waals surface area contributed by atoms with Crippen LogP contribution in [0.4, 0.5) is 0 Å². The number of amides is 1. The van der Waals surface area contributed by atoms with Gasteiger partial charge in [0, 0.05) is 11.6 Å². The van der Waals surface area contributed by atoms with Crippen molar-refractivity contribution in [1.29, 1.82) is 0 Å². The number of nitrogens with one attached hydrogen (secondary N) is 2. The molecule has 0 saturated heterocycles. The minimum Gasteiger partial charge on any atom is -0.495 e. The number of rotatable bonds is 7. The summed E-state index contributed by atoms with van der Waals surface area (Å²) in [6.45, 7) is 5.15. The van der Waals surface area contributed by atoms with Crippen LogP contribution in [0.3, 0.4) is 0 Å². The smallest absolute Gasteiger partial charge is 0.245 e. The molecule has 0 unspecified atom stereocenters. The quantitative estimate of drug-likeness (QED) is 0.737. The van der Waals surface area contributed by atoms with Gasteiger partial charge < -0.3 is 10.1 Å².